The highest BCUT2D eigenvalue weighted by atomic mass is 79.9. The second-order valence-corrected chi connectivity index (χ2v) is 5.66. The number of rotatable bonds is 7. The standard InChI is InChI=1S/C12H17Br2NO3/c1-18-7-9(2-3-16)15-6-8-4-10(13)12(17)11(14)5-8/h4-5,9,15-17H,2-3,6-7H2,1H3. The number of ether oxygens (including phenoxy) is 1. The van der Waals surface area contributed by atoms with Gasteiger partial charge in [-0.05, 0) is 56.0 Å². The van der Waals surface area contributed by atoms with Crippen LogP contribution in [0.1, 0.15) is 12.0 Å². The van der Waals surface area contributed by atoms with Gasteiger partial charge in [-0.2, -0.15) is 0 Å². The Hall–Kier alpha value is -0.140. The molecule has 0 bridgehead atoms. The highest BCUT2D eigenvalue weighted by molar-refractivity contribution is 9.11. The first-order valence-corrected chi connectivity index (χ1v) is 7.17. The fraction of sp³-hybridized carbons (Fsp3) is 0.500. The van der Waals surface area contributed by atoms with Gasteiger partial charge in [0.1, 0.15) is 5.75 Å². The van der Waals surface area contributed by atoms with Crippen LogP contribution in [0.5, 0.6) is 5.75 Å². The highest BCUT2D eigenvalue weighted by Gasteiger charge is 2.09. The fourth-order valence-corrected chi connectivity index (χ4v) is 2.86. The Morgan fingerprint density at radius 3 is 2.44 bits per heavy atom. The lowest BCUT2D eigenvalue weighted by Gasteiger charge is -2.17. The van der Waals surface area contributed by atoms with E-state index < -0.39 is 0 Å². The van der Waals surface area contributed by atoms with Gasteiger partial charge in [-0.25, -0.2) is 0 Å². The van der Waals surface area contributed by atoms with Crippen molar-refractivity contribution in [3.8, 4) is 5.75 Å². The molecular weight excluding hydrogens is 366 g/mol. The summed E-state index contributed by atoms with van der Waals surface area (Å²) in [5.74, 6) is 0.197. The van der Waals surface area contributed by atoms with E-state index >= 15 is 0 Å². The molecule has 6 heteroatoms. The van der Waals surface area contributed by atoms with Crippen LogP contribution in [0.2, 0.25) is 0 Å². The minimum absolute atomic E-state index is 0.117. The number of hydrogen-bond acceptors (Lipinski definition) is 4. The Morgan fingerprint density at radius 2 is 1.94 bits per heavy atom. The summed E-state index contributed by atoms with van der Waals surface area (Å²) >= 11 is 6.59. The van der Waals surface area contributed by atoms with Gasteiger partial charge in [0.15, 0.2) is 0 Å². The zero-order chi connectivity index (χ0) is 13.5. The van der Waals surface area contributed by atoms with E-state index in [9.17, 15) is 5.11 Å². The quantitative estimate of drug-likeness (QED) is 0.677. The molecule has 3 N–H and O–H groups in total. The largest absolute Gasteiger partial charge is 0.506 e. The Bertz CT molecular complexity index is 359. The minimum atomic E-state index is 0.117. The predicted octanol–water partition coefficient (Wildman–Crippen LogP) is 2.40. The maximum Gasteiger partial charge on any atom is 0.143 e. The van der Waals surface area contributed by atoms with Crippen molar-refractivity contribution in [3.05, 3.63) is 26.6 Å². The van der Waals surface area contributed by atoms with Crippen molar-refractivity contribution in [1.29, 1.82) is 0 Å². The van der Waals surface area contributed by atoms with E-state index in [-0.39, 0.29) is 18.4 Å². The molecule has 0 aliphatic carbocycles. The maximum absolute atomic E-state index is 9.61. The van der Waals surface area contributed by atoms with Crippen LogP contribution in [-0.4, -0.2) is 36.6 Å². The van der Waals surface area contributed by atoms with E-state index in [1.54, 1.807) is 7.11 Å². The molecule has 102 valence electrons. The van der Waals surface area contributed by atoms with Crippen LogP contribution < -0.4 is 5.32 Å². The van der Waals surface area contributed by atoms with Crippen molar-refractivity contribution in [2.75, 3.05) is 20.3 Å². The van der Waals surface area contributed by atoms with Crippen LogP contribution in [0.3, 0.4) is 0 Å². The van der Waals surface area contributed by atoms with Crippen molar-refractivity contribution in [3.63, 3.8) is 0 Å². The molecule has 1 aromatic carbocycles. The maximum atomic E-state index is 9.61. The number of phenolic OH excluding ortho intramolecular Hbond substituents is 1. The van der Waals surface area contributed by atoms with Crippen LogP contribution >= 0.6 is 31.9 Å². The van der Waals surface area contributed by atoms with Crippen LogP contribution in [0.25, 0.3) is 0 Å². The summed E-state index contributed by atoms with van der Waals surface area (Å²) in [6.07, 6.45) is 0.647. The summed E-state index contributed by atoms with van der Waals surface area (Å²) in [5.41, 5.74) is 1.03. The van der Waals surface area contributed by atoms with Gasteiger partial charge in [0, 0.05) is 26.3 Å². The van der Waals surface area contributed by atoms with E-state index in [2.05, 4.69) is 37.2 Å². The van der Waals surface area contributed by atoms with Gasteiger partial charge in [0.05, 0.1) is 15.6 Å². The lowest BCUT2D eigenvalue weighted by atomic mass is 10.2. The van der Waals surface area contributed by atoms with Crippen LogP contribution in [0.4, 0.5) is 0 Å². The van der Waals surface area contributed by atoms with Gasteiger partial charge in [0.2, 0.25) is 0 Å². The number of halogens is 2. The molecule has 0 spiro atoms. The summed E-state index contributed by atoms with van der Waals surface area (Å²) < 4.78 is 6.38. The molecule has 18 heavy (non-hydrogen) atoms. The zero-order valence-electron chi connectivity index (χ0n) is 10.1. The van der Waals surface area contributed by atoms with Gasteiger partial charge in [-0.1, -0.05) is 0 Å². The lowest BCUT2D eigenvalue weighted by Crippen LogP contribution is -2.33. The van der Waals surface area contributed by atoms with Gasteiger partial charge in [0.25, 0.3) is 0 Å². The molecule has 0 amide bonds. The first-order valence-electron chi connectivity index (χ1n) is 5.58. The smallest absolute Gasteiger partial charge is 0.143 e. The van der Waals surface area contributed by atoms with Crippen molar-refractivity contribution >= 4 is 31.9 Å². The molecule has 0 aliphatic rings. The van der Waals surface area contributed by atoms with E-state index in [4.69, 9.17) is 9.84 Å². The zero-order valence-corrected chi connectivity index (χ0v) is 13.3. The Morgan fingerprint density at radius 1 is 1.33 bits per heavy atom. The monoisotopic (exact) mass is 381 g/mol. The second kappa shape index (κ2) is 8.12. The molecule has 0 heterocycles. The van der Waals surface area contributed by atoms with E-state index in [1.165, 1.54) is 0 Å². The van der Waals surface area contributed by atoms with Crippen molar-refractivity contribution in [2.45, 2.75) is 19.0 Å². The number of benzene rings is 1. The summed E-state index contributed by atoms with van der Waals surface area (Å²) in [7, 11) is 1.64. The number of aliphatic hydroxyl groups is 1. The molecule has 1 aromatic rings. The number of methoxy groups -OCH3 is 1. The van der Waals surface area contributed by atoms with Gasteiger partial charge in [-0.15, -0.1) is 0 Å². The summed E-state index contributed by atoms with van der Waals surface area (Å²) in [4.78, 5) is 0. The molecule has 1 unspecified atom stereocenters. The average Bonchev–Trinajstić information content (AvgIpc) is 2.33. The Kier molecular flexibility index (Phi) is 7.18. The molecule has 0 radical (unpaired) electrons. The SMILES string of the molecule is COCC(CCO)NCc1cc(Br)c(O)c(Br)c1. The van der Waals surface area contributed by atoms with Gasteiger partial charge < -0.3 is 20.3 Å². The highest BCUT2D eigenvalue weighted by Crippen LogP contribution is 2.33. The molecule has 4 nitrogen and oxygen atoms in total. The van der Waals surface area contributed by atoms with E-state index in [1.807, 2.05) is 12.1 Å². The topological polar surface area (TPSA) is 61.7 Å². The number of aromatic hydroxyl groups is 1. The molecule has 0 fully saturated rings. The summed E-state index contributed by atoms with van der Waals surface area (Å²) in [5, 5.41) is 21.9. The Labute approximate surface area is 124 Å². The number of aliphatic hydroxyl groups excluding tert-OH is 1. The normalized spacial score (nSPS) is 12.7. The predicted molar refractivity (Wildman–Crippen MR) is 77.7 cm³/mol. The molecule has 1 atom stereocenters. The first-order chi connectivity index (χ1) is 8.58. The summed E-state index contributed by atoms with van der Waals surface area (Å²) in [6.45, 7) is 1.33. The first kappa shape index (κ1) is 15.9. The van der Waals surface area contributed by atoms with E-state index in [0.29, 0.717) is 28.5 Å². The number of hydrogen-bond donors (Lipinski definition) is 3. The van der Waals surface area contributed by atoms with Crippen molar-refractivity contribution in [1.82, 2.24) is 5.32 Å². The Balaban J connectivity index is 2.61. The molecule has 0 saturated heterocycles. The van der Waals surface area contributed by atoms with Gasteiger partial charge >= 0.3 is 0 Å². The van der Waals surface area contributed by atoms with E-state index in [0.717, 1.165) is 5.56 Å². The molecule has 0 aromatic heterocycles. The van der Waals surface area contributed by atoms with Crippen molar-refractivity contribution < 1.29 is 14.9 Å². The third kappa shape index (κ3) is 4.85. The molecule has 0 aliphatic heterocycles. The average molecular weight is 383 g/mol. The fourth-order valence-electron chi connectivity index (χ4n) is 1.58. The third-order valence-corrected chi connectivity index (χ3v) is 3.73. The van der Waals surface area contributed by atoms with Crippen LogP contribution in [-0.2, 0) is 11.3 Å². The van der Waals surface area contributed by atoms with Crippen LogP contribution in [0, 0.1) is 0 Å². The lowest BCUT2D eigenvalue weighted by molar-refractivity contribution is 0.148. The second-order valence-electron chi connectivity index (χ2n) is 3.95. The molecular formula is C12H17Br2NO3. The third-order valence-electron chi connectivity index (χ3n) is 2.52. The number of nitrogens with one attached hydrogen (secondary N) is 1. The van der Waals surface area contributed by atoms with Crippen molar-refractivity contribution in [2.24, 2.45) is 0 Å². The summed E-state index contributed by atoms with van der Waals surface area (Å²) in [6, 6.07) is 3.83. The molecule has 0 saturated carbocycles. The van der Waals surface area contributed by atoms with Crippen LogP contribution in [0.15, 0.2) is 21.1 Å². The van der Waals surface area contributed by atoms with Gasteiger partial charge in [-0.3, -0.25) is 0 Å². The molecule has 1 rings (SSSR count). The number of phenols is 1. The minimum Gasteiger partial charge on any atom is -0.506 e.